The zero-order valence-electron chi connectivity index (χ0n) is 15.9. The zero-order valence-corrected chi connectivity index (χ0v) is 16.7. The Kier molecular flexibility index (Phi) is 7.57. The Morgan fingerprint density at radius 2 is 1.88 bits per heavy atom. The van der Waals surface area contributed by atoms with Gasteiger partial charge >= 0.3 is 0 Å². The molecule has 1 aromatic carbocycles. The lowest BCUT2D eigenvalue weighted by molar-refractivity contribution is -0.115. The van der Waals surface area contributed by atoms with E-state index in [1.807, 2.05) is 25.9 Å². The van der Waals surface area contributed by atoms with Gasteiger partial charge in [-0.1, -0.05) is 12.5 Å². The van der Waals surface area contributed by atoms with E-state index < -0.39 is 10.0 Å². The number of anilines is 1. The summed E-state index contributed by atoms with van der Waals surface area (Å²) in [6.45, 7) is 4.73. The first-order valence-electron chi connectivity index (χ1n) is 9.07. The van der Waals surface area contributed by atoms with Crippen molar-refractivity contribution in [3.8, 4) is 0 Å². The summed E-state index contributed by atoms with van der Waals surface area (Å²) in [7, 11) is 0.437. The van der Waals surface area contributed by atoms with Gasteiger partial charge in [-0.3, -0.25) is 4.79 Å². The summed E-state index contributed by atoms with van der Waals surface area (Å²) in [6.07, 6.45) is 2.86. The van der Waals surface area contributed by atoms with Crippen LogP contribution in [0.4, 0.5) is 5.69 Å². The van der Waals surface area contributed by atoms with E-state index in [0.29, 0.717) is 25.3 Å². The number of sulfonamides is 1. The average Bonchev–Trinajstić information content (AvgIpc) is 2.61. The van der Waals surface area contributed by atoms with Gasteiger partial charge in [-0.05, 0) is 51.6 Å². The molecule has 1 heterocycles. The van der Waals surface area contributed by atoms with Crippen molar-refractivity contribution >= 4 is 21.6 Å². The number of nitrogens with zero attached hydrogens (tertiary/aromatic N) is 2. The average molecular weight is 383 g/mol. The summed E-state index contributed by atoms with van der Waals surface area (Å²) in [5, 5.41) is 5.89. The number of piperidine rings is 1. The number of aryl methyl sites for hydroxylation is 1. The fourth-order valence-corrected chi connectivity index (χ4v) is 4.39. The van der Waals surface area contributed by atoms with Gasteiger partial charge in [-0.25, -0.2) is 8.42 Å². The third kappa shape index (κ3) is 5.77. The number of hydrogen-bond donors (Lipinski definition) is 2. The summed E-state index contributed by atoms with van der Waals surface area (Å²) < 4.78 is 27.2. The molecule has 0 bridgehead atoms. The van der Waals surface area contributed by atoms with Gasteiger partial charge in [0, 0.05) is 31.9 Å². The predicted octanol–water partition coefficient (Wildman–Crippen LogP) is 1.26. The minimum absolute atomic E-state index is 0.181. The maximum Gasteiger partial charge on any atom is 0.243 e. The van der Waals surface area contributed by atoms with Crippen LogP contribution in [0.3, 0.4) is 0 Å². The fraction of sp³-hybridized carbons (Fsp3) is 0.611. The summed E-state index contributed by atoms with van der Waals surface area (Å²) in [5.74, 6) is -0.181. The summed E-state index contributed by atoms with van der Waals surface area (Å²) in [4.78, 5) is 14.4. The Morgan fingerprint density at radius 1 is 1.19 bits per heavy atom. The molecule has 26 heavy (non-hydrogen) atoms. The second-order valence-electron chi connectivity index (χ2n) is 6.97. The smallest absolute Gasteiger partial charge is 0.243 e. The quantitative estimate of drug-likeness (QED) is 0.662. The molecule has 0 aromatic heterocycles. The minimum Gasteiger partial charge on any atom is -0.325 e. The molecule has 8 heteroatoms. The molecular weight excluding hydrogens is 352 g/mol. The number of likely N-dealkylation sites (N-methyl/N-ethyl adjacent to an activating group) is 1. The molecule has 1 aliphatic heterocycles. The lowest BCUT2D eigenvalue weighted by Crippen LogP contribution is -2.35. The molecule has 1 aliphatic rings. The Morgan fingerprint density at radius 3 is 2.54 bits per heavy atom. The largest absolute Gasteiger partial charge is 0.325 e. The molecule has 146 valence electrons. The number of nitrogens with one attached hydrogen (secondary N) is 2. The lowest BCUT2D eigenvalue weighted by Gasteiger charge is -2.26. The molecule has 2 N–H and O–H groups in total. The molecule has 0 saturated carbocycles. The molecule has 1 fully saturated rings. The highest BCUT2D eigenvalue weighted by atomic mass is 32.2. The molecule has 1 saturated heterocycles. The summed E-state index contributed by atoms with van der Waals surface area (Å²) >= 11 is 0. The SMILES string of the molecule is Cc1ccc(S(=O)(=O)N2CCCCC2)cc1NC(=O)CNCCN(C)C. The lowest BCUT2D eigenvalue weighted by atomic mass is 10.2. The van der Waals surface area contributed by atoms with Gasteiger partial charge in [0.15, 0.2) is 0 Å². The van der Waals surface area contributed by atoms with E-state index in [2.05, 4.69) is 10.6 Å². The Balaban J connectivity index is 2.03. The molecule has 1 aromatic rings. The molecule has 0 spiro atoms. The van der Waals surface area contributed by atoms with Crippen molar-refractivity contribution in [1.29, 1.82) is 0 Å². The van der Waals surface area contributed by atoms with Crippen LogP contribution in [0.2, 0.25) is 0 Å². The van der Waals surface area contributed by atoms with Crippen LogP contribution in [0, 0.1) is 6.92 Å². The van der Waals surface area contributed by atoms with E-state index in [4.69, 9.17) is 0 Å². The predicted molar refractivity (Wildman–Crippen MR) is 104 cm³/mol. The number of rotatable bonds is 8. The van der Waals surface area contributed by atoms with Crippen molar-refractivity contribution in [2.24, 2.45) is 0 Å². The first-order valence-corrected chi connectivity index (χ1v) is 10.5. The van der Waals surface area contributed by atoms with Gasteiger partial charge in [0.05, 0.1) is 11.4 Å². The van der Waals surface area contributed by atoms with Crippen molar-refractivity contribution < 1.29 is 13.2 Å². The second kappa shape index (κ2) is 9.45. The van der Waals surface area contributed by atoms with Crippen LogP contribution in [0.25, 0.3) is 0 Å². The highest BCUT2D eigenvalue weighted by Crippen LogP contribution is 2.25. The van der Waals surface area contributed by atoms with Gasteiger partial charge < -0.3 is 15.5 Å². The highest BCUT2D eigenvalue weighted by molar-refractivity contribution is 7.89. The number of carbonyl (C=O) groups is 1. The van der Waals surface area contributed by atoms with Crippen LogP contribution in [-0.4, -0.2) is 70.3 Å². The van der Waals surface area contributed by atoms with Crippen molar-refractivity contribution in [2.75, 3.05) is 52.1 Å². The van der Waals surface area contributed by atoms with E-state index in [0.717, 1.165) is 31.4 Å². The van der Waals surface area contributed by atoms with E-state index in [9.17, 15) is 13.2 Å². The standard InChI is InChI=1S/C18H30N4O3S/c1-15-7-8-16(26(24,25)22-10-5-4-6-11-22)13-17(15)20-18(23)14-19-9-12-21(2)3/h7-8,13,19H,4-6,9-12,14H2,1-3H3,(H,20,23). The number of amides is 1. The topological polar surface area (TPSA) is 81.8 Å². The summed E-state index contributed by atoms with van der Waals surface area (Å²) in [6, 6.07) is 4.92. The van der Waals surface area contributed by atoms with Gasteiger partial charge in [0.1, 0.15) is 0 Å². The molecular formula is C18H30N4O3S. The first-order chi connectivity index (χ1) is 12.3. The van der Waals surface area contributed by atoms with Crippen LogP contribution in [0.1, 0.15) is 24.8 Å². The highest BCUT2D eigenvalue weighted by Gasteiger charge is 2.26. The Bertz CT molecular complexity index is 713. The number of hydrogen-bond acceptors (Lipinski definition) is 5. The normalized spacial score (nSPS) is 16.0. The molecule has 0 radical (unpaired) electrons. The maximum absolute atomic E-state index is 12.8. The van der Waals surface area contributed by atoms with Crippen molar-refractivity contribution in [2.45, 2.75) is 31.1 Å². The number of benzene rings is 1. The van der Waals surface area contributed by atoms with Crippen molar-refractivity contribution in [1.82, 2.24) is 14.5 Å². The Labute approximate surface area is 156 Å². The van der Waals surface area contributed by atoms with Crippen LogP contribution in [0.15, 0.2) is 23.1 Å². The summed E-state index contributed by atoms with van der Waals surface area (Å²) in [5.41, 5.74) is 1.38. The van der Waals surface area contributed by atoms with Crippen molar-refractivity contribution in [3.05, 3.63) is 23.8 Å². The first kappa shape index (κ1) is 20.8. The molecule has 1 amide bonds. The minimum atomic E-state index is -3.51. The van der Waals surface area contributed by atoms with Crippen LogP contribution >= 0.6 is 0 Å². The van der Waals surface area contributed by atoms with Gasteiger partial charge in [-0.15, -0.1) is 0 Å². The van der Waals surface area contributed by atoms with Gasteiger partial charge in [0.2, 0.25) is 15.9 Å². The van der Waals surface area contributed by atoms with E-state index in [-0.39, 0.29) is 17.3 Å². The van der Waals surface area contributed by atoms with Crippen LogP contribution in [0.5, 0.6) is 0 Å². The number of carbonyl (C=O) groups excluding carboxylic acids is 1. The second-order valence-corrected chi connectivity index (χ2v) is 8.91. The van der Waals surface area contributed by atoms with Crippen LogP contribution in [-0.2, 0) is 14.8 Å². The van der Waals surface area contributed by atoms with Crippen LogP contribution < -0.4 is 10.6 Å². The molecule has 2 rings (SSSR count). The molecule has 7 nitrogen and oxygen atoms in total. The molecule has 0 aliphatic carbocycles. The van der Waals surface area contributed by atoms with Gasteiger partial charge in [0.25, 0.3) is 0 Å². The van der Waals surface area contributed by atoms with E-state index in [1.165, 1.54) is 4.31 Å². The molecule has 0 atom stereocenters. The molecule has 0 unspecified atom stereocenters. The maximum atomic E-state index is 12.8. The Hall–Kier alpha value is -1.48. The fourth-order valence-electron chi connectivity index (χ4n) is 2.85. The zero-order chi connectivity index (χ0) is 19.2. The third-order valence-electron chi connectivity index (χ3n) is 4.46. The van der Waals surface area contributed by atoms with Gasteiger partial charge in [-0.2, -0.15) is 4.31 Å². The van der Waals surface area contributed by atoms with E-state index in [1.54, 1.807) is 18.2 Å². The monoisotopic (exact) mass is 382 g/mol. The third-order valence-corrected chi connectivity index (χ3v) is 6.35. The van der Waals surface area contributed by atoms with E-state index >= 15 is 0 Å². The van der Waals surface area contributed by atoms with Crippen molar-refractivity contribution in [3.63, 3.8) is 0 Å².